The summed E-state index contributed by atoms with van der Waals surface area (Å²) in [6, 6.07) is 0.247. The molecule has 1 amide bonds. The Hall–Kier alpha value is -1.14. The smallest absolute Gasteiger partial charge is 0.290 e. The predicted molar refractivity (Wildman–Crippen MR) is 70.9 cm³/mol. The molecular formula is C13H24N2O4. The van der Waals surface area contributed by atoms with Gasteiger partial charge in [-0.3, -0.25) is 9.59 Å². The Morgan fingerprint density at radius 3 is 2.58 bits per heavy atom. The zero-order chi connectivity index (χ0) is 14.3. The number of carbonyl (C=O) groups excluding carboxylic acids is 1. The van der Waals surface area contributed by atoms with Crippen molar-refractivity contribution in [3.8, 4) is 0 Å². The SMILES string of the molecule is CN(C)CC1COCCN1C(=O)C1CCC1.O=CO. The fourth-order valence-corrected chi connectivity index (χ4v) is 2.41. The Morgan fingerprint density at radius 2 is 2.11 bits per heavy atom. The normalized spacial score (nSPS) is 23.3. The maximum absolute atomic E-state index is 12.2. The summed E-state index contributed by atoms with van der Waals surface area (Å²) in [5, 5.41) is 6.89. The van der Waals surface area contributed by atoms with Gasteiger partial charge in [-0.1, -0.05) is 6.42 Å². The third kappa shape index (κ3) is 4.80. The Morgan fingerprint density at radius 1 is 1.47 bits per heavy atom. The van der Waals surface area contributed by atoms with Crippen molar-refractivity contribution in [2.45, 2.75) is 25.3 Å². The monoisotopic (exact) mass is 272 g/mol. The molecule has 1 aliphatic heterocycles. The minimum absolute atomic E-state index is 0.247. The van der Waals surface area contributed by atoms with Crippen LogP contribution < -0.4 is 0 Å². The number of hydrogen-bond acceptors (Lipinski definition) is 4. The highest BCUT2D eigenvalue weighted by molar-refractivity contribution is 5.80. The molecule has 0 aromatic heterocycles. The number of hydrogen-bond donors (Lipinski definition) is 1. The van der Waals surface area contributed by atoms with Crippen LogP contribution in [0.3, 0.4) is 0 Å². The van der Waals surface area contributed by atoms with Crippen molar-refractivity contribution in [2.75, 3.05) is 40.4 Å². The number of ether oxygens (including phenoxy) is 1. The maximum Gasteiger partial charge on any atom is 0.290 e. The summed E-state index contributed by atoms with van der Waals surface area (Å²) in [6.45, 7) is 2.81. The van der Waals surface area contributed by atoms with Gasteiger partial charge in [0.05, 0.1) is 19.3 Å². The van der Waals surface area contributed by atoms with Gasteiger partial charge >= 0.3 is 0 Å². The molecule has 1 saturated heterocycles. The lowest BCUT2D eigenvalue weighted by atomic mass is 9.84. The second kappa shape index (κ2) is 8.12. The molecule has 0 aromatic carbocycles. The van der Waals surface area contributed by atoms with Crippen LogP contribution >= 0.6 is 0 Å². The summed E-state index contributed by atoms with van der Waals surface area (Å²) < 4.78 is 5.47. The van der Waals surface area contributed by atoms with E-state index in [0.29, 0.717) is 25.0 Å². The van der Waals surface area contributed by atoms with E-state index in [1.807, 2.05) is 19.0 Å². The first-order valence-electron chi connectivity index (χ1n) is 6.71. The van der Waals surface area contributed by atoms with Crippen LogP contribution in [0.25, 0.3) is 0 Å². The molecule has 1 heterocycles. The maximum atomic E-state index is 12.2. The van der Waals surface area contributed by atoms with Crippen molar-refractivity contribution in [2.24, 2.45) is 5.92 Å². The van der Waals surface area contributed by atoms with Crippen molar-refractivity contribution in [1.82, 2.24) is 9.80 Å². The Bertz CT molecular complexity index is 292. The molecule has 0 aromatic rings. The van der Waals surface area contributed by atoms with E-state index in [4.69, 9.17) is 14.6 Å². The van der Waals surface area contributed by atoms with Crippen LogP contribution in [0.5, 0.6) is 0 Å². The molecule has 0 radical (unpaired) electrons. The lowest BCUT2D eigenvalue weighted by molar-refractivity contribution is -0.147. The molecule has 2 fully saturated rings. The molecule has 110 valence electrons. The van der Waals surface area contributed by atoms with E-state index in [1.165, 1.54) is 6.42 Å². The molecule has 1 saturated carbocycles. The second-order valence-electron chi connectivity index (χ2n) is 5.26. The lowest BCUT2D eigenvalue weighted by Gasteiger charge is -2.40. The van der Waals surface area contributed by atoms with E-state index in [-0.39, 0.29) is 12.5 Å². The largest absolute Gasteiger partial charge is 0.483 e. The molecule has 0 bridgehead atoms. The number of rotatable bonds is 3. The summed E-state index contributed by atoms with van der Waals surface area (Å²) in [5.41, 5.74) is 0. The molecule has 2 rings (SSSR count). The third-order valence-electron chi connectivity index (χ3n) is 3.54. The number of nitrogens with zero attached hydrogens (tertiary/aromatic N) is 2. The fourth-order valence-electron chi connectivity index (χ4n) is 2.41. The highest BCUT2D eigenvalue weighted by Gasteiger charge is 2.34. The Balaban J connectivity index is 0.000000550. The molecular weight excluding hydrogens is 248 g/mol. The molecule has 6 nitrogen and oxygen atoms in total. The average molecular weight is 272 g/mol. The average Bonchev–Trinajstić information content (AvgIpc) is 2.27. The number of likely N-dealkylation sites (N-methyl/N-ethyl adjacent to an activating group) is 1. The van der Waals surface area contributed by atoms with Crippen LogP contribution in [0.1, 0.15) is 19.3 Å². The molecule has 1 unspecified atom stereocenters. The van der Waals surface area contributed by atoms with Crippen LogP contribution in [-0.4, -0.2) is 73.7 Å². The molecule has 6 heteroatoms. The van der Waals surface area contributed by atoms with Crippen molar-refractivity contribution in [3.63, 3.8) is 0 Å². The van der Waals surface area contributed by atoms with Crippen LogP contribution in [0.15, 0.2) is 0 Å². The van der Waals surface area contributed by atoms with E-state index in [1.54, 1.807) is 0 Å². The van der Waals surface area contributed by atoms with Crippen LogP contribution in [0, 0.1) is 5.92 Å². The standard InChI is InChI=1S/C12H22N2O2.CH2O2/c1-13(2)8-11-9-16-7-6-14(11)12(15)10-4-3-5-10;2-1-3/h10-11H,3-9H2,1-2H3;1H,(H,2,3). The van der Waals surface area contributed by atoms with Gasteiger partial charge in [0.25, 0.3) is 6.47 Å². The van der Waals surface area contributed by atoms with E-state index < -0.39 is 0 Å². The van der Waals surface area contributed by atoms with Gasteiger partial charge in [0.1, 0.15) is 0 Å². The molecule has 0 spiro atoms. The van der Waals surface area contributed by atoms with Gasteiger partial charge in [-0.15, -0.1) is 0 Å². The first-order chi connectivity index (χ1) is 9.10. The molecule has 1 aliphatic carbocycles. The van der Waals surface area contributed by atoms with E-state index in [2.05, 4.69) is 4.90 Å². The quantitative estimate of drug-likeness (QED) is 0.747. The minimum Gasteiger partial charge on any atom is -0.483 e. The van der Waals surface area contributed by atoms with Gasteiger partial charge in [-0.2, -0.15) is 0 Å². The summed E-state index contributed by atoms with van der Waals surface area (Å²) >= 11 is 0. The number of morpholine rings is 1. The first kappa shape index (κ1) is 15.9. The third-order valence-corrected chi connectivity index (χ3v) is 3.54. The highest BCUT2D eigenvalue weighted by atomic mass is 16.5. The van der Waals surface area contributed by atoms with Gasteiger partial charge < -0.3 is 19.6 Å². The highest BCUT2D eigenvalue weighted by Crippen LogP contribution is 2.29. The fraction of sp³-hybridized carbons (Fsp3) is 0.846. The van der Waals surface area contributed by atoms with Gasteiger partial charge in [0.15, 0.2) is 0 Å². The van der Waals surface area contributed by atoms with Gasteiger partial charge in [0, 0.05) is 19.0 Å². The van der Waals surface area contributed by atoms with Crippen LogP contribution in [-0.2, 0) is 14.3 Å². The van der Waals surface area contributed by atoms with Crippen LogP contribution in [0.2, 0.25) is 0 Å². The molecule has 2 aliphatic rings. The topological polar surface area (TPSA) is 70.1 Å². The van der Waals surface area contributed by atoms with Gasteiger partial charge in [0.2, 0.25) is 5.91 Å². The molecule has 19 heavy (non-hydrogen) atoms. The Labute approximate surface area is 114 Å². The molecule has 1 N–H and O–H groups in total. The van der Waals surface area contributed by atoms with Crippen molar-refractivity contribution in [1.29, 1.82) is 0 Å². The van der Waals surface area contributed by atoms with Gasteiger partial charge in [-0.05, 0) is 26.9 Å². The summed E-state index contributed by atoms with van der Waals surface area (Å²) in [5.74, 6) is 0.671. The van der Waals surface area contributed by atoms with Crippen LogP contribution in [0.4, 0.5) is 0 Å². The van der Waals surface area contributed by atoms with Crippen molar-refractivity contribution < 1.29 is 19.4 Å². The summed E-state index contributed by atoms with van der Waals surface area (Å²) in [4.78, 5) is 24.8. The number of carboxylic acid groups (broad SMARTS) is 1. The molecule has 1 atom stereocenters. The predicted octanol–water partition coefficient (Wildman–Crippen LogP) is 0.276. The van der Waals surface area contributed by atoms with Crippen molar-refractivity contribution >= 4 is 12.4 Å². The summed E-state index contributed by atoms with van der Waals surface area (Å²) in [6.07, 6.45) is 3.40. The van der Waals surface area contributed by atoms with E-state index in [9.17, 15) is 4.79 Å². The summed E-state index contributed by atoms with van der Waals surface area (Å²) in [7, 11) is 4.08. The van der Waals surface area contributed by atoms with E-state index in [0.717, 1.165) is 25.9 Å². The number of amides is 1. The first-order valence-corrected chi connectivity index (χ1v) is 6.71. The Kier molecular flexibility index (Phi) is 6.80. The zero-order valence-corrected chi connectivity index (χ0v) is 11.7. The van der Waals surface area contributed by atoms with Gasteiger partial charge in [-0.25, -0.2) is 0 Å². The number of carbonyl (C=O) groups is 2. The van der Waals surface area contributed by atoms with E-state index >= 15 is 0 Å². The lowest BCUT2D eigenvalue weighted by Crippen LogP contribution is -2.54. The minimum atomic E-state index is -0.250. The van der Waals surface area contributed by atoms with Crippen molar-refractivity contribution in [3.05, 3.63) is 0 Å². The zero-order valence-electron chi connectivity index (χ0n) is 11.7. The second-order valence-corrected chi connectivity index (χ2v) is 5.26.